The number of nitrogens with zero attached hydrogens (tertiary/aromatic N) is 3. The molecule has 0 saturated heterocycles. The lowest BCUT2D eigenvalue weighted by molar-refractivity contribution is 0.171. The first-order valence-corrected chi connectivity index (χ1v) is 13.1. The van der Waals surface area contributed by atoms with Crippen molar-refractivity contribution in [2.45, 2.75) is 6.61 Å². The molecule has 3 aromatic carbocycles. The summed E-state index contributed by atoms with van der Waals surface area (Å²) in [5.74, 6) is 3.45. The van der Waals surface area contributed by atoms with Crippen LogP contribution < -0.4 is 23.7 Å². The predicted octanol–water partition coefficient (Wildman–Crippen LogP) is 6.24. The van der Waals surface area contributed by atoms with Crippen molar-refractivity contribution in [2.75, 3.05) is 27.4 Å². The summed E-state index contributed by atoms with van der Waals surface area (Å²) in [6.45, 7) is 1.49. The molecule has 0 spiro atoms. The molecule has 0 aliphatic carbocycles. The van der Waals surface area contributed by atoms with Crippen molar-refractivity contribution in [1.29, 1.82) is 0 Å². The molecule has 0 unspecified atom stereocenters. The van der Waals surface area contributed by atoms with Crippen LogP contribution in [-0.2, 0) is 6.61 Å². The van der Waals surface area contributed by atoms with Gasteiger partial charge in [0.2, 0.25) is 4.96 Å². The minimum Gasteiger partial charge on any atom is -0.496 e. The van der Waals surface area contributed by atoms with E-state index in [-0.39, 0.29) is 0 Å². The average Bonchev–Trinajstić information content (AvgIpc) is 3.69. The van der Waals surface area contributed by atoms with Crippen LogP contribution in [0.2, 0.25) is 0 Å². The molecule has 1 aliphatic heterocycles. The van der Waals surface area contributed by atoms with Gasteiger partial charge in [0.1, 0.15) is 42.6 Å². The first-order chi connectivity index (χ1) is 19.2. The quantitative estimate of drug-likeness (QED) is 0.235. The van der Waals surface area contributed by atoms with Crippen LogP contribution >= 0.6 is 11.3 Å². The number of fused-ring (bicyclic) bond motifs is 3. The third-order valence-electron chi connectivity index (χ3n) is 6.46. The first kappa shape index (κ1) is 23.4. The molecular formula is C29H23N3O6S. The van der Waals surface area contributed by atoms with Gasteiger partial charge in [-0.15, -0.1) is 5.10 Å². The van der Waals surface area contributed by atoms with Crippen LogP contribution in [0.3, 0.4) is 0 Å². The minimum absolute atomic E-state index is 0.366. The molecule has 1 aliphatic rings. The van der Waals surface area contributed by atoms with Crippen LogP contribution in [-0.4, -0.2) is 42.0 Å². The van der Waals surface area contributed by atoms with Crippen molar-refractivity contribution in [2.24, 2.45) is 0 Å². The predicted molar refractivity (Wildman–Crippen MR) is 146 cm³/mol. The second-order valence-electron chi connectivity index (χ2n) is 8.92. The Morgan fingerprint density at radius 3 is 2.64 bits per heavy atom. The maximum absolute atomic E-state index is 6.32. The smallest absolute Gasteiger partial charge is 0.294 e. The molecule has 3 aromatic heterocycles. The number of benzene rings is 3. The van der Waals surface area contributed by atoms with Gasteiger partial charge in [0.25, 0.3) is 5.19 Å². The van der Waals surface area contributed by atoms with Gasteiger partial charge in [-0.25, -0.2) is 9.50 Å². The van der Waals surface area contributed by atoms with Gasteiger partial charge in [0, 0.05) is 12.1 Å². The van der Waals surface area contributed by atoms with Crippen LogP contribution in [0.15, 0.2) is 71.3 Å². The lowest BCUT2D eigenvalue weighted by Gasteiger charge is -2.19. The third kappa shape index (κ3) is 4.38. The Balaban J connectivity index is 1.17. The highest BCUT2D eigenvalue weighted by molar-refractivity contribution is 7.18. The van der Waals surface area contributed by atoms with Crippen molar-refractivity contribution in [3.63, 3.8) is 0 Å². The van der Waals surface area contributed by atoms with Gasteiger partial charge < -0.3 is 28.1 Å². The lowest BCUT2D eigenvalue weighted by Crippen LogP contribution is -2.15. The minimum atomic E-state index is 0.366. The van der Waals surface area contributed by atoms with E-state index in [1.807, 2.05) is 54.7 Å². The number of methoxy groups -OCH3 is 2. The summed E-state index contributed by atoms with van der Waals surface area (Å²) in [5, 5.41) is 5.72. The van der Waals surface area contributed by atoms with E-state index < -0.39 is 0 Å². The molecule has 0 N–H and O–H groups in total. The van der Waals surface area contributed by atoms with Gasteiger partial charge in [-0.05, 0) is 52.3 Å². The molecule has 7 rings (SSSR count). The summed E-state index contributed by atoms with van der Waals surface area (Å²) in [4.78, 5) is 5.35. The number of aromatic nitrogens is 3. The van der Waals surface area contributed by atoms with E-state index in [0.717, 1.165) is 33.6 Å². The van der Waals surface area contributed by atoms with Crippen LogP contribution in [0.1, 0.15) is 5.56 Å². The van der Waals surface area contributed by atoms with Gasteiger partial charge in [-0.3, -0.25) is 0 Å². The molecule has 6 aromatic rings. The van der Waals surface area contributed by atoms with E-state index in [1.54, 1.807) is 18.7 Å². The number of imidazole rings is 1. The summed E-state index contributed by atoms with van der Waals surface area (Å²) < 4.78 is 36.3. The van der Waals surface area contributed by atoms with Crippen LogP contribution in [0.4, 0.5) is 0 Å². The molecule has 0 amide bonds. The first-order valence-electron chi connectivity index (χ1n) is 12.3. The lowest BCUT2D eigenvalue weighted by atomic mass is 10.0. The summed E-state index contributed by atoms with van der Waals surface area (Å²) >= 11 is 1.36. The fraction of sp³-hybridized carbons (Fsp3) is 0.172. The fourth-order valence-corrected chi connectivity index (χ4v) is 5.25. The normalized spacial score (nSPS) is 12.7. The van der Waals surface area contributed by atoms with E-state index in [4.69, 9.17) is 28.1 Å². The largest absolute Gasteiger partial charge is 0.496 e. The fourth-order valence-electron chi connectivity index (χ4n) is 4.55. The zero-order valence-corrected chi connectivity index (χ0v) is 22.0. The number of ether oxygens (including phenoxy) is 5. The van der Waals surface area contributed by atoms with Gasteiger partial charge in [0.15, 0.2) is 17.3 Å². The van der Waals surface area contributed by atoms with Crippen molar-refractivity contribution >= 4 is 27.3 Å². The Labute approximate surface area is 227 Å². The van der Waals surface area contributed by atoms with Crippen LogP contribution in [0.25, 0.3) is 38.5 Å². The molecule has 4 heterocycles. The van der Waals surface area contributed by atoms with E-state index in [9.17, 15) is 0 Å². The molecule has 39 heavy (non-hydrogen) atoms. The second-order valence-corrected chi connectivity index (χ2v) is 9.84. The van der Waals surface area contributed by atoms with Gasteiger partial charge in [-0.2, -0.15) is 0 Å². The van der Waals surface area contributed by atoms with E-state index in [1.165, 1.54) is 11.3 Å². The number of rotatable bonds is 7. The maximum atomic E-state index is 6.32. The molecule has 9 nitrogen and oxygen atoms in total. The van der Waals surface area contributed by atoms with Crippen LogP contribution in [0.5, 0.6) is 28.2 Å². The average molecular weight is 542 g/mol. The number of furan rings is 1. The number of hydrogen-bond acceptors (Lipinski definition) is 9. The summed E-state index contributed by atoms with van der Waals surface area (Å²) in [6, 6.07) is 19.9. The molecule has 0 saturated carbocycles. The monoisotopic (exact) mass is 541 g/mol. The number of hydrogen-bond donors (Lipinski definition) is 0. The molecule has 196 valence electrons. The Bertz CT molecular complexity index is 1790. The molecular weight excluding hydrogens is 518 g/mol. The third-order valence-corrected chi connectivity index (χ3v) is 7.34. The van der Waals surface area contributed by atoms with Crippen LogP contribution in [0, 0.1) is 0 Å². The van der Waals surface area contributed by atoms with E-state index in [2.05, 4.69) is 22.2 Å². The molecule has 0 bridgehead atoms. The molecule has 0 atom stereocenters. The zero-order chi connectivity index (χ0) is 26.3. The Morgan fingerprint density at radius 1 is 0.923 bits per heavy atom. The van der Waals surface area contributed by atoms with Gasteiger partial charge in [-0.1, -0.05) is 24.3 Å². The maximum Gasteiger partial charge on any atom is 0.294 e. The summed E-state index contributed by atoms with van der Waals surface area (Å²) in [6.07, 6.45) is 1.81. The van der Waals surface area contributed by atoms with E-state index in [0.29, 0.717) is 58.5 Å². The Morgan fingerprint density at radius 2 is 1.79 bits per heavy atom. The Hall–Kier alpha value is -4.70. The van der Waals surface area contributed by atoms with Gasteiger partial charge in [0.05, 0.1) is 25.8 Å². The SMILES string of the molecule is COc1cc(OCc2cccc(-c3ccc4c(c3)OCCO4)c2)c2cc(-c3cn4nc(OC)sc4n3)oc2c1. The highest BCUT2D eigenvalue weighted by Gasteiger charge is 2.18. The van der Waals surface area contributed by atoms with Crippen molar-refractivity contribution in [3.8, 4) is 50.8 Å². The molecule has 10 heteroatoms. The topological polar surface area (TPSA) is 89.5 Å². The van der Waals surface area contributed by atoms with Crippen molar-refractivity contribution < 1.29 is 28.1 Å². The zero-order valence-electron chi connectivity index (χ0n) is 21.2. The second kappa shape index (κ2) is 9.55. The van der Waals surface area contributed by atoms with E-state index >= 15 is 0 Å². The van der Waals surface area contributed by atoms with Crippen molar-refractivity contribution in [3.05, 3.63) is 72.4 Å². The summed E-state index contributed by atoms with van der Waals surface area (Å²) in [5.41, 5.74) is 4.46. The van der Waals surface area contributed by atoms with Crippen molar-refractivity contribution in [1.82, 2.24) is 14.6 Å². The standard InChI is InChI=1S/C29H23N3O6S/c1-33-20-12-24(21-14-26(38-25(21)13-20)22-15-32-28(30-22)39-29(31-32)34-2)37-16-17-4-3-5-18(10-17)19-6-7-23-27(11-19)36-9-8-35-23/h3-7,10-15H,8-9,16H2,1-2H3. The highest BCUT2D eigenvalue weighted by atomic mass is 32.1. The Kier molecular flexibility index (Phi) is 5.74. The highest BCUT2D eigenvalue weighted by Crippen LogP contribution is 2.38. The molecule has 0 fully saturated rings. The summed E-state index contributed by atoms with van der Waals surface area (Å²) in [7, 11) is 3.20. The van der Waals surface area contributed by atoms with Gasteiger partial charge >= 0.3 is 0 Å². The molecule has 0 radical (unpaired) electrons.